The van der Waals surface area contributed by atoms with Gasteiger partial charge >= 0.3 is 10.4 Å². The van der Waals surface area contributed by atoms with Crippen molar-refractivity contribution >= 4 is 10.4 Å². The van der Waals surface area contributed by atoms with Gasteiger partial charge in [0.1, 0.15) is 30.2 Å². The molecule has 0 aromatic heterocycles. The summed E-state index contributed by atoms with van der Waals surface area (Å²) in [7, 11) is -2.97. The Labute approximate surface area is 180 Å². The first-order valence-electron chi connectivity index (χ1n) is 9.70. The molecule has 0 unspecified atom stereocenters. The molecule has 1 aliphatic rings. The van der Waals surface area contributed by atoms with E-state index in [-0.39, 0.29) is 13.0 Å². The van der Waals surface area contributed by atoms with Crippen LogP contribution < -0.4 is 4.74 Å². The van der Waals surface area contributed by atoms with Crippen LogP contribution in [-0.2, 0) is 25.7 Å². The molecule has 4 N–H and O–H groups in total. The average molecular weight is 454 g/mol. The molecule has 3 rings (SSSR count). The molecule has 2 aromatic rings. The van der Waals surface area contributed by atoms with Crippen molar-refractivity contribution in [1.82, 2.24) is 0 Å². The third-order valence-electron chi connectivity index (χ3n) is 5.30. The fraction of sp³-hybridized carbons (Fsp3) is 0.429. The van der Waals surface area contributed by atoms with E-state index in [1.165, 1.54) is 7.11 Å². The van der Waals surface area contributed by atoms with Gasteiger partial charge in [0.15, 0.2) is 0 Å². The van der Waals surface area contributed by atoms with Crippen molar-refractivity contribution in [2.75, 3.05) is 13.7 Å². The summed E-state index contributed by atoms with van der Waals surface area (Å²) in [5, 5.41) is 30.6. The highest BCUT2D eigenvalue weighted by Crippen LogP contribution is 2.41. The van der Waals surface area contributed by atoms with Gasteiger partial charge in [-0.15, -0.1) is 0 Å². The molecule has 0 saturated carbocycles. The van der Waals surface area contributed by atoms with Gasteiger partial charge in [0.05, 0.1) is 19.8 Å². The Kier molecular flexibility index (Phi) is 7.32. The molecule has 1 fully saturated rings. The standard InChI is InChI=1S/C21H26O9S/c1-12-17(22)18(23)19(24)21(30-12)16-5-3-4-15(20(16)28-2)14-8-6-13(7-9-14)10-11-29-31(25,26)27/h3-9,12,17-19,21-24H,10-11H2,1-2H3,(H,25,26,27)/t12-,17+,18+,19-,21+/m0/s1. The number of hydrogen-bond acceptors (Lipinski definition) is 8. The summed E-state index contributed by atoms with van der Waals surface area (Å²) < 4.78 is 45.6. The lowest BCUT2D eigenvalue weighted by Gasteiger charge is -2.40. The fourth-order valence-corrected chi connectivity index (χ4v) is 3.95. The molecule has 0 aliphatic carbocycles. The Morgan fingerprint density at radius 1 is 1.00 bits per heavy atom. The van der Waals surface area contributed by atoms with Gasteiger partial charge in [0.25, 0.3) is 0 Å². The van der Waals surface area contributed by atoms with Crippen molar-refractivity contribution in [1.29, 1.82) is 0 Å². The maximum Gasteiger partial charge on any atom is 0.397 e. The van der Waals surface area contributed by atoms with Gasteiger partial charge in [-0.05, 0) is 24.5 Å². The lowest BCUT2D eigenvalue weighted by atomic mass is 9.89. The minimum absolute atomic E-state index is 0.180. The van der Waals surface area contributed by atoms with E-state index in [0.29, 0.717) is 11.3 Å². The number of benzene rings is 2. The van der Waals surface area contributed by atoms with Crippen LogP contribution in [0.3, 0.4) is 0 Å². The Hall–Kier alpha value is -2.05. The summed E-state index contributed by atoms with van der Waals surface area (Å²) in [4.78, 5) is 0. The zero-order chi connectivity index (χ0) is 22.8. The van der Waals surface area contributed by atoms with E-state index in [1.807, 2.05) is 18.2 Å². The van der Waals surface area contributed by atoms with Crippen molar-refractivity contribution in [3.63, 3.8) is 0 Å². The largest absolute Gasteiger partial charge is 0.496 e. The first-order valence-corrected chi connectivity index (χ1v) is 11.1. The second kappa shape index (κ2) is 9.61. The second-order valence-electron chi connectivity index (χ2n) is 7.36. The summed E-state index contributed by atoms with van der Waals surface area (Å²) in [5.41, 5.74) is 2.87. The molecule has 170 valence electrons. The quantitative estimate of drug-likeness (QED) is 0.455. The second-order valence-corrected chi connectivity index (χ2v) is 8.45. The molecular formula is C21H26O9S. The van der Waals surface area contributed by atoms with Gasteiger partial charge in [0.2, 0.25) is 0 Å². The van der Waals surface area contributed by atoms with E-state index in [2.05, 4.69) is 4.18 Å². The number of aliphatic hydroxyl groups excluding tert-OH is 3. The van der Waals surface area contributed by atoms with Crippen molar-refractivity contribution in [3.8, 4) is 16.9 Å². The van der Waals surface area contributed by atoms with Crippen LogP contribution in [0.5, 0.6) is 5.75 Å². The molecule has 0 amide bonds. The third-order valence-corrected chi connectivity index (χ3v) is 5.76. The van der Waals surface area contributed by atoms with E-state index < -0.39 is 40.9 Å². The molecule has 31 heavy (non-hydrogen) atoms. The van der Waals surface area contributed by atoms with Crippen LogP contribution in [0.4, 0.5) is 0 Å². The maximum absolute atomic E-state index is 10.6. The predicted molar refractivity (Wildman–Crippen MR) is 111 cm³/mol. The summed E-state index contributed by atoms with van der Waals surface area (Å²) in [5.74, 6) is 0.463. The number of ether oxygens (including phenoxy) is 2. The van der Waals surface area contributed by atoms with E-state index in [9.17, 15) is 23.7 Å². The Morgan fingerprint density at radius 3 is 2.29 bits per heavy atom. The summed E-state index contributed by atoms with van der Waals surface area (Å²) in [6.45, 7) is 1.44. The Morgan fingerprint density at radius 2 is 1.68 bits per heavy atom. The number of para-hydroxylation sites is 1. The van der Waals surface area contributed by atoms with Crippen LogP contribution in [0.1, 0.15) is 24.2 Å². The van der Waals surface area contributed by atoms with Crippen molar-refractivity contribution in [3.05, 3.63) is 53.6 Å². The van der Waals surface area contributed by atoms with Crippen LogP contribution in [0.2, 0.25) is 0 Å². The number of rotatable bonds is 7. The van der Waals surface area contributed by atoms with Crippen LogP contribution in [0.15, 0.2) is 42.5 Å². The maximum atomic E-state index is 10.6. The number of hydrogen-bond donors (Lipinski definition) is 4. The third kappa shape index (κ3) is 5.42. The molecule has 5 atom stereocenters. The van der Waals surface area contributed by atoms with Crippen LogP contribution in [0, 0.1) is 0 Å². The number of methoxy groups -OCH3 is 1. The summed E-state index contributed by atoms with van der Waals surface area (Å²) in [6.07, 6.45) is -5.16. The van der Waals surface area contributed by atoms with Gasteiger partial charge in [-0.3, -0.25) is 4.55 Å². The van der Waals surface area contributed by atoms with Crippen LogP contribution >= 0.6 is 0 Å². The minimum atomic E-state index is -4.47. The Balaban J connectivity index is 1.86. The summed E-state index contributed by atoms with van der Waals surface area (Å²) >= 11 is 0. The van der Waals surface area contributed by atoms with Crippen molar-refractivity contribution < 1.29 is 41.9 Å². The highest BCUT2D eigenvalue weighted by Gasteiger charge is 2.43. The monoisotopic (exact) mass is 454 g/mol. The van der Waals surface area contributed by atoms with E-state index in [0.717, 1.165) is 16.7 Å². The Bertz CT molecular complexity index is 990. The van der Waals surface area contributed by atoms with Crippen molar-refractivity contribution in [2.45, 2.75) is 43.9 Å². The van der Waals surface area contributed by atoms with E-state index in [1.54, 1.807) is 31.2 Å². The number of aliphatic hydroxyl groups is 3. The zero-order valence-corrected chi connectivity index (χ0v) is 17.9. The van der Waals surface area contributed by atoms with Crippen LogP contribution in [0.25, 0.3) is 11.1 Å². The average Bonchev–Trinajstić information content (AvgIpc) is 2.74. The minimum Gasteiger partial charge on any atom is -0.496 e. The SMILES string of the molecule is COc1c(-c2ccc(CCOS(=O)(=O)O)cc2)cccc1[C@H]1O[C@@H](C)[C@@H](O)[C@@H](O)[C@@H]1O. The highest BCUT2D eigenvalue weighted by atomic mass is 32.3. The molecule has 1 heterocycles. The van der Waals surface area contributed by atoms with Crippen LogP contribution in [-0.4, -0.2) is 66.4 Å². The van der Waals surface area contributed by atoms with Gasteiger partial charge in [-0.1, -0.05) is 42.5 Å². The van der Waals surface area contributed by atoms with E-state index >= 15 is 0 Å². The topological polar surface area (TPSA) is 143 Å². The first kappa shape index (κ1) is 23.6. The molecule has 0 radical (unpaired) electrons. The molecule has 0 spiro atoms. The molecule has 10 heteroatoms. The highest BCUT2D eigenvalue weighted by molar-refractivity contribution is 7.80. The van der Waals surface area contributed by atoms with Gasteiger partial charge in [0, 0.05) is 11.1 Å². The first-order chi connectivity index (χ1) is 14.6. The zero-order valence-electron chi connectivity index (χ0n) is 17.1. The molecule has 1 aliphatic heterocycles. The fourth-order valence-electron chi connectivity index (χ4n) is 3.66. The summed E-state index contributed by atoms with van der Waals surface area (Å²) in [6, 6.07) is 12.6. The smallest absolute Gasteiger partial charge is 0.397 e. The lowest BCUT2D eigenvalue weighted by Crippen LogP contribution is -2.53. The lowest BCUT2D eigenvalue weighted by molar-refractivity contribution is -0.219. The molecule has 1 saturated heterocycles. The molecule has 0 bridgehead atoms. The van der Waals surface area contributed by atoms with Gasteiger partial charge < -0.3 is 24.8 Å². The molecule has 2 aromatic carbocycles. The van der Waals surface area contributed by atoms with Gasteiger partial charge in [-0.2, -0.15) is 8.42 Å². The molecule has 9 nitrogen and oxygen atoms in total. The van der Waals surface area contributed by atoms with Crippen molar-refractivity contribution in [2.24, 2.45) is 0 Å². The van der Waals surface area contributed by atoms with E-state index in [4.69, 9.17) is 14.0 Å². The normalized spacial score (nSPS) is 26.6. The molecular weight excluding hydrogens is 428 g/mol. The predicted octanol–water partition coefficient (Wildman–Crippen LogP) is 1.27. The van der Waals surface area contributed by atoms with Gasteiger partial charge in [-0.25, -0.2) is 4.18 Å².